The second-order valence-electron chi connectivity index (χ2n) is 3.64. The predicted molar refractivity (Wildman–Crippen MR) is 66.6 cm³/mol. The monoisotopic (exact) mass is 240 g/mol. The van der Waals surface area contributed by atoms with Crippen LogP contribution in [0.2, 0.25) is 0 Å². The van der Waals surface area contributed by atoms with Crippen LogP contribution in [0.1, 0.15) is 10.9 Å². The van der Waals surface area contributed by atoms with Crippen molar-refractivity contribution in [1.29, 1.82) is 0 Å². The SMILES string of the molecule is CNCCN(C)C(=O)C(Cl)c1ccccc1. The van der Waals surface area contributed by atoms with Gasteiger partial charge >= 0.3 is 0 Å². The van der Waals surface area contributed by atoms with Crippen LogP contribution in [0.5, 0.6) is 0 Å². The van der Waals surface area contributed by atoms with E-state index in [0.717, 1.165) is 12.1 Å². The van der Waals surface area contributed by atoms with E-state index in [-0.39, 0.29) is 5.91 Å². The first kappa shape index (κ1) is 13.0. The lowest BCUT2D eigenvalue weighted by molar-refractivity contribution is -0.129. The summed E-state index contributed by atoms with van der Waals surface area (Å²) in [6.45, 7) is 1.42. The molecule has 0 heterocycles. The first-order valence-electron chi connectivity index (χ1n) is 5.25. The molecule has 0 aromatic heterocycles. The Morgan fingerprint density at radius 3 is 2.62 bits per heavy atom. The van der Waals surface area contributed by atoms with Crippen LogP contribution in [0.4, 0.5) is 0 Å². The molecule has 0 saturated carbocycles. The number of carbonyl (C=O) groups excluding carboxylic acids is 1. The summed E-state index contributed by atoms with van der Waals surface area (Å²) >= 11 is 6.12. The van der Waals surface area contributed by atoms with Crippen LogP contribution in [-0.4, -0.2) is 38.0 Å². The molecule has 0 radical (unpaired) electrons. The van der Waals surface area contributed by atoms with Crippen molar-refractivity contribution >= 4 is 17.5 Å². The van der Waals surface area contributed by atoms with Crippen LogP contribution in [0.15, 0.2) is 30.3 Å². The number of nitrogens with zero attached hydrogens (tertiary/aromatic N) is 1. The lowest BCUT2D eigenvalue weighted by Crippen LogP contribution is -2.34. The Morgan fingerprint density at radius 1 is 1.44 bits per heavy atom. The molecule has 1 rings (SSSR count). The van der Waals surface area contributed by atoms with Crippen molar-refractivity contribution in [2.75, 3.05) is 27.2 Å². The van der Waals surface area contributed by atoms with Crippen molar-refractivity contribution in [3.8, 4) is 0 Å². The van der Waals surface area contributed by atoms with Gasteiger partial charge < -0.3 is 10.2 Å². The molecular weight excluding hydrogens is 224 g/mol. The fourth-order valence-electron chi connectivity index (χ4n) is 1.35. The summed E-state index contributed by atoms with van der Waals surface area (Å²) in [6, 6.07) is 9.39. The highest BCUT2D eigenvalue weighted by Gasteiger charge is 2.20. The third kappa shape index (κ3) is 3.51. The Bertz CT molecular complexity index is 329. The van der Waals surface area contributed by atoms with Crippen LogP contribution in [-0.2, 0) is 4.79 Å². The van der Waals surface area contributed by atoms with Gasteiger partial charge in [-0.25, -0.2) is 0 Å². The molecule has 0 fully saturated rings. The summed E-state index contributed by atoms with van der Waals surface area (Å²) in [5, 5.41) is 2.40. The number of rotatable bonds is 5. The highest BCUT2D eigenvalue weighted by Crippen LogP contribution is 2.21. The second kappa shape index (κ2) is 6.51. The zero-order chi connectivity index (χ0) is 12.0. The molecule has 16 heavy (non-hydrogen) atoms. The summed E-state index contributed by atoms with van der Waals surface area (Å²) in [5.74, 6) is -0.0666. The quantitative estimate of drug-likeness (QED) is 0.794. The Hall–Kier alpha value is -1.06. The zero-order valence-corrected chi connectivity index (χ0v) is 10.4. The van der Waals surface area contributed by atoms with Crippen molar-refractivity contribution in [3.05, 3.63) is 35.9 Å². The maximum atomic E-state index is 11.9. The standard InChI is InChI=1S/C12H17ClN2O/c1-14-8-9-15(2)12(16)11(13)10-6-4-3-5-7-10/h3-7,11,14H,8-9H2,1-2H3. The molecule has 0 bridgehead atoms. The van der Waals surface area contributed by atoms with E-state index in [2.05, 4.69) is 5.32 Å². The fourth-order valence-corrected chi connectivity index (χ4v) is 1.66. The molecule has 0 aliphatic rings. The van der Waals surface area contributed by atoms with E-state index in [1.165, 1.54) is 0 Å². The second-order valence-corrected chi connectivity index (χ2v) is 4.07. The van der Waals surface area contributed by atoms with Crippen LogP contribution in [0.25, 0.3) is 0 Å². The molecule has 1 atom stereocenters. The number of carbonyl (C=O) groups is 1. The number of amides is 1. The number of halogens is 1. The summed E-state index contributed by atoms with van der Waals surface area (Å²) in [5.41, 5.74) is 0.838. The van der Waals surface area contributed by atoms with E-state index in [1.54, 1.807) is 11.9 Å². The molecule has 88 valence electrons. The average molecular weight is 241 g/mol. The Morgan fingerprint density at radius 2 is 2.06 bits per heavy atom. The Labute approximate surface area is 101 Å². The van der Waals surface area contributed by atoms with Gasteiger partial charge in [0.2, 0.25) is 5.91 Å². The normalized spacial score (nSPS) is 12.2. The first-order valence-corrected chi connectivity index (χ1v) is 5.69. The first-order chi connectivity index (χ1) is 7.66. The van der Waals surface area contributed by atoms with Gasteiger partial charge in [-0.1, -0.05) is 30.3 Å². The number of alkyl halides is 1. The minimum Gasteiger partial charge on any atom is -0.343 e. The minimum atomic E-state index is -0.594. The fraction of sp³-hybridized carbons (Fsp3) is 0.417. The molecule has 1 N–H and O–H groups in total. The van der Waals surface area contributed by atoms with Crippen molar-refractivity contribution in [1.82, 2.24) is 10.2 Å². The van der Waals surface area contributed by atoms with E-state index < -0.39 is 5.38 Å². The van der Waals surface area contributed by atoms with Gasteiger partial charge in [0, 0.05) is 20.1 Å². The Kier molecular flexibility index (Phi) is 5.29. The average Bonchev–Trinajstić information content (AvgIpc) is 2.35. The largest absolute Gasteiger partial charge is 0.343 e. The summed E-state index contributed by atoms with van der Waals surface area (Å²) in [7, 11) is 3.62. The third-order valence-corrected chi connectivity index (χ3v) is 2.82. The molecule has 1 amide bonds. The lowest BCUT2D eigenvalue weighted by atomic mass is 10.1. The van der Waals surface area contributed by atoms with Crippen LogP contribution < -0.4 is 5.32 Å². The molecule has 1 aromatic carbocycles. The topological polar surface area (TPSA) is 32.3 Å². The molecule has 1 unspecified atom stereocenters. The van der Waals surface area contributed by atoms with Crippen molar-refractivity contribution < 1.29 is 4.79 Å². The van der Waals surface area contributed by atoms with E-state index in [1.807, 2.05) is 37.4 Å². The smallest absolute Gasteiger partial charge is 0.244 e. The van der Waals surface area contributed by atoms with Crippen LogP contribution in [0.3, 0.4) is 0 Å². The van der Waals surface area contributed by atoms with Gasteiger partial charge in [0.05, 0.1) is 0 Å². The number of hydrogen-bond donors (Lipinski definition) is 1. The maximum Gasteiger partial charge on any atom is 0.244 e. The van der Waals surface area contributed by atoms with Gasteiger partial charge in [0.15, 0.2) is 0 Å². The molecule has 4 heteroatoms. The molecule has 3 nitrogen and oxygen atoms in total. The van der Waals surface area contributed by atoms with Gasteiger partial charge in [0.25, 0.3) is 0 Å². The third-order valence-electron chi connectivity index (χ3n) is 2.38. The number of benzene rings is 1. The van der Waals surface area contributed by atoms with Gasteiger partial charge in [-0.15, -0.1) is 11.6 Å². The van der Waals surface area contributed by atoms with E-state index in [0.29, 0.717) is 6.54 Å². The molecule has 0 spiro atoms. The Balaban J connectivity index is 2.60. The van der Waals surface area contributed by atoms with E-state index in [9.17, 15) is 4.79 Å². The van der Waals surface area contributed by atoms with Gasteiger partial charge in [-0.2, -0.15) is 0 Å². The van der Waals surface area contributed by atoms with Crippen LogP contribution >= 0.6 is 11.6 Å². The van der Waals surface area contributed by atoms with Crippen molar-refractivity contribution in [3.63, 3.8) is 0 Å². The molecule has 0 aliphatic carbocycles. The lowest BCUT2D eigenvalue weighted by Gasteiger charge is -2.20. The molecular formula is C12H17ClN2O. The maximum absolute atomic E-state index is 11.9. The highest BCUT2D eigenvalue weighted by atomic mass is 35.5. The number of hydrogen-bond acceptors (Lipinski definition) is 2. The number of nitrogens with one attached hydrogen (secondary N) is 1. The van der Waals surface area contributed by atoms with Gasteiger partial charge in [-0.3, -0.25) is 4.79 Å². The van der Waals surface area contributed by atoms with Gasteiger partial charge in [0.1, 0.15) is 5.38 Å². The molecule has 1 aromatic rings. The van der Waals surface area contributed by atoms with Crippen molar-refractivity contribution in [2.45, 2.75) is 5.38 Å². The summed E-state index contributed by atoms with van der Waals surface area (Å²) < 4.78 is 0. The minimum absolute atomic E-state index is 0.0666. The van der Waals surface area contributed by atoms with E-state index in [4.69, 9.17) is 11.6 Å². The molecule has 0 saturated heterocycles. The van der Waals surface area contributed by atoms with Crippen molar-refractivity contribution in [2.24, 2.45) is 0 Å². The zero-order valence-electron chi connectivity index (χ0n) is 9.61. The predicted octanol–water partition coefficient (Wildman–Crippen LogP) is 1.64. The van der Waals surface area contributed by atoms with Gasteiger partial charge in [-0.05, 0) is 12.6 Å². The van der Waals surface area contributed by atoms with E-state index >= 15 is 0 Å². The molecule has 0 aliphatic heterocycles. The number of likely N-dealkylation sites (N-methyl/N-ethyl adjacent to an activating group) is 2. The summed E-state index contributed by atoms with van der Waals surface area (Å²) in [6.07, 6.45) is 0. The van der Waals surface area contributed by atoms with Crippen LogP contribution in [0, 0.1) is 0 Å². The highest BCUT2D eigenvalue weighted by molar-refractivity contribution is 6.30. The summed E-state index contributed by atoms with van der Waals surface area (Å²) in [4.78, 5) is 13.6.